The standard InChI is InChI=1S/C8H15NO2.C6H14N2O2/c9-5-6-1-3-7(4-2-6)8(10)11;7-4-2-1-3-5(8)6(9)10/h6-7H,1-5,9H2,(H,10,11);5H,1-4,7-8H2,(H,9,10)/t6-,7-;. The third-order valence-electron chi connectivity index (χ3n) is 3.82. The first-order valence-corrected chi connectivity index (χ1v) is 7.53. The Morgan fingerprint density at radius 3 is 2.00 bits per heavy atom. The smallest absolute Gasteiger partial charge is 0.320 e. The molecule has 0 aromatic heterocycles. The molecule has 1 saturated carbocycles. The summed E-state index contributed by atoms with van der Waals surface area (Å²) in [5.41, 5.74) is 15.9. The third-order valence-corrected chi connectivity index (χ3v) is 3.82. The molecule has 8 N–H and O–H groups in total. The molecule has 0 spiro atoms. The van der Waals surface area contributed by atoms with Gasteiger partial charge in [-0.3, -0.25) is 9.59 Å². The summed E-state index contributed by atoms with van der Waals surface area (Å²) in [4.78, 5) is 20.7. The number of rotatable bonds is 7. The summed E-state index contributed by atoms with van der Waals surface area (Å²) in [7, 11) is 0. The Morgan fingerprint density at radius 2 is 1.62 bits per heavy atom. The maximum Gasteiger partial charge on any atom is 0.320 e. The first-order valence-electron chi connectivity index (χ1n) is 7.53. The van der Waals surface area contributed by atoms with Crippen LogP contribution in [0.1, 0.15) is 44.9 Å². The summed E-state index contributed by atoms with van der Waals surface area (Å²) in [5, 5.41) is 17.0. The molecule has 21 heavy (non-hydrogen) atoms. The fraction of sp³-hybridized carbons (Fsp3) is 0.857. The summed E-state index contributed by atoms with van der Waals surface area (Å²) in [6, 6.07) is -0.716. The van der Waals surface area contributed by atoms with Gasteiger partial charge in [-0.05, 0) is 57.5 Å². The Hall–Kier alpha value is -1.18. The van der Waals surface area contributed by atoms with E-state index in [0.717, 1.165) is 38.5 Å². The molecule has 0 heterocycles. The summed E-state index contributed by atoms with van der Waals surface area (Å²) in [6.07, 6.45) is 5.78. The molecule has 0 aromatic rings. The highest BCUT2D eigenvalue weighted by Gasteiger charge is 2.24. The fourth-order valence-electron chi connectivity index (χ4n) is 2.28. The fourth-order valence-corrected chi connectivity index (χ4v) is 2.28. The average molecular weight is 303 g/mol. The lowest BCUT2D eigenvalue weighted by atomic mass is 9.82. The van der Waals surface area contributed by atoms with E-state index >= 15 is 0 Å². The minimum atomic E-state index is -0.933. The van der Waals surface area contributed by atoms with E-state index in [-0.39, 0.29) is 5.92 Å². The molecule has 1 unspecified atom stereocenters. The molecular formula is C14H29N3O4. The Morgan fingerprint density at radius 1 is 1.05 bits per heavy atom. The molecule has 7 heteroatoms. The highest BCUT2D eigenvalue weighted by molar-refractivity contribution is 5.72. The number of nitrogens with two attached hydrogens (primary N) is 3. The van der Waals surface area contributed by atoms with Gasteiger partial charge in [-0.1, -0.05) is 6.42 Å². The van der Waals surface area contributed by atoms with Crippen LogP contribution in [0.25, 0.3) is 0 Å². The van der Waals surface area contributed by atoms with Gasteiger partial charge in [-0.25, -0.2) is 0 Å². The Bertz CT molecular complexity index is 305. The lowest BCUT2D eigenvalue weighted by Gasteiger charge is -2.24. The molecule has 0 bridgehead atoms. The van der Waals surface area contributed by atoms with E-state index in [9.17, 15) is 9.59 Å². The maximum atomic E-state index is 10.5. The van der Waals surface area contributed by atoms with Crippen molar-refractivity contribution in [3.05, 3.63) is 0 Å². The van der Waals surface area contributed by atoms with Gasteiger partial charge in [0.25, 0.3) is 0 Å². The Balaban J connectivity index is 0.000000384. The monoisotopic (exact) mass is 303 g/mol. The molecular weight excluding hydrogens is 274 g/mol. The van der Waals surface area contributed by atoms with E-state index in [2.05, 4.69) is 0 Å². The molecule has 124 valence electrons. The van der Waals surface area contributed by atoms with Crippen LogP contribution in [0.3, 0.4) is 0 Å². The second-order valence-corrected chi connectivity index (χ2v) is 5.52. The van der Waals surface area contributed by atoms with Gasteiger partial charge in [-0.2, -0.15) is 0 Å². The predicted molar refractivity (Wildman–Crippen MR) is 80.7 cm³/mol. The molecule has 0 amide bonds. The highest BCUT2D eigenvalue weighted by atomic mass is 16.4. The number of hydrogen-bond donors (Lipinski definition) is 5. The van der Waals surface area contributed by atoms with Crippen molar-refractivity contribution >= 4 is 11.9 Å². The zero-order chi connectivity index (χ0) is 16.3. The van der Waals surface area contributed by atoms with Crippen molar-refractivity contribution in [1.82, 2.24) is 0 Å². The van der Waals surface area contributed by atoms with Gasteiger partial charge in [-0.15, -0.1) is 0 Å². The van der Waals surface area contributed by atoms with E-state index in [0.29, 0.717) is 25.4 Å². The molecule has 1 aliphatic carbocycles. The summed E-state index contributed by atoms with van der Waals surface area (Å²) < 4.78 is 0. The lowest BCUT2D eigenvalue weighted by molar-refractivity contribution is -0.143. The van der Waals surface area contributed by atoms with Crippen molar-refractivity contribution in [1.29, 1.82) is 0 Å². The van der Waals surface area contributed by atoms with Gasteiger partial charge in [0.2, 0.25) is 0 Å². The summed E-state index contributed by atoms with van der Waals surface area (Å²) in [5.74, 6) is -1.10. The van der Waals surface area contributed by atoms with Gasteiger partial charge in [0, 0.05) is 0 Å². The van der Waals surface area contributed by atoms with Gasteiger partial charge in [0.15, 0.2) is 0 Å². The summed E-state index contributed by atoms with van der Waals surface area (Å²) >= 11 is 0. The van der Waals surface area contributed by atoms with E-state index in [1.807, 2.05) is 0 Å². The van der Waals surface area contributed by atoms with Gasteiger partial charge < -0.3 is 27.4 Å². The van der Waals surface area contributed by atoms with Crippen molar-refractivity contribution in [2.45, 2.75) is 51.0 Å². The van der Waals surface area contributed by atoms with Crippen molar-refractivity contribution in [2.75, 3.05) is 13.1 Å². The third kappa shape index (κ3) is 9.38. The van der Waals surface area contributed by atoms with Crippen LogP contribution in [-0.4, -0.2) is 41.3 Å². The van der Waals surface area contributed by atoms with Crippen molar-refractivity contribution in [2.24, 2.45) is 29.0 Å². The van der Waals surface area contributed by atoms with Crippen LogP contribution in [0.15, 0.2) is 0 Å². The molecule has 0 radical (unpaired) electrons. The minimum absolute atomic E-state index is 0.0993. The van der Waals surface area contributed by atoms with Gasteiger partial charge in [0.05, 0.1) is 5.92 Å². The van der Waals surface area contributed by atoms with Crippen LogP contribution in [0.2, 0.25) is 0 Å². The van der Waals surface area contributed by atoms with Crippen molar-refractivity contribution in [3.8, 4) is 0 Å². The van der Waals surface area contributed by atoms with Crippen LogP contribution in [0.5, 0.6) is 0 Å². The number of aliphatic carboxylic acids is 2. The molecule has 0 aromatic carbocycles. The van der Waals surface area contributed by atoms with Crippen LogP contribution in [-0.2, 0) is 9.59 Å². The number of hydrogen-bond acceptors (Lipinski definition) is 5. The van der Waals surface area contributed by atoms with Crippen LogP contribution in [0, 0.1) is 11.8 Å². The number of carboxylic acids is 2. The van der Waals surface area contributed by atoms with Gasteiger partial charge >= 0.3 is 11.9 Å². The highest BCUT2D eigenvalue weighted by Crippen LogP contribution is 2.27. The topological polar surface area (TPSA) is 153 Å². The molecule has 1 aliphatic rings. The van der Waals surface area contributed by atoms with Crippen LogP contribution in [0.4, 0.5) is 0 Å². The van der Waals surface area contributed by atoms with Crippen LogP contribution >= 0.6 is 0 Å². The maximum absolute atomic E-state index is 10.5. The number of unbranched alkanes of at least 4 members (excludes halogenated alkanes) is 1. The quantitative estimate of drug-likeness (QED) is 0.426. The van der Waals surface area contributed by atoms with Crippen LogP contribution < -0.4 is 17.2 Å². The molecule has 1 atom stereocenters. The second-order valence-electron chi connectivity index (χ2n) is 5.52. The largest absolute Gasteiger partial charge is 0.481 e. The minimum Gasteiger partial charge on any atom is -0.481 e. The van der Waals surface area contributed by atoms with E-state index in [1.54, 1.807) is 0 Å². The lowest BCUT2D eigenvalue weighted by Crippen LogP contribution is -2.29. The van der Waals surface area contributed by atoms with Crippen molar-refractivity contribution < 1.29 is 19.8 Å². The SMILES string of the molecule is NCCCCC(N)C(=O)O.NC[C@H]1CC[C@H](C(=O)O)CC1. The first kappa shape index (κ1) is 19.8. The normalized spacial score (nSPS) is 22.8. The Kier molecular flexibility index (Phi) is 10.8. The predicted octanol–water partition coefficient (Wildman–Crippen LogP) is 0.363. The molecule has 1 fully saturated rings. The molecule has 1 rings (SSSR count). The summed E-state index contributed by atoms with van der Waals surface area (Å²) in [6.45, 7) is 1.32. The zero-order valence-corrected chi connectivity index (χ0v) is 12.5. The van der Waals surface area contributed by atoms with Gasteiger partial charge in [0.1, 0.15) is 6.04 Å². The first-order chi connectivity index (χ1) is 9.92. The van der Waals surface area contributed by atoms with E-state index in [1.165, 1.54) is 0 Å². The zero-order valence-electron chi connectivity index (χ0n) is 12.5. The number of carboxylic acid groups (broad SMARTS) is 2. The molecule has 0 aliphatic heterocycles. The molecule has 7 nitrogen and oxygen atoms in total. The van der Waals surface area contributed by atoms with E-state index < -0.39 is 18.0 Å². The van der Waals surface area contributed by atoms with Crippen molar-refractivity contribution in [3.63, 3.8) is 0 Å². The average Bonchev–Trinajstić information content (AvgIpc) is 2.48. The van der Waals surface area contributed by atoms with E-state index in [4.69, 9.17) is 27.4 Å². The second kappa shape index (κ2) is 11.5. The number of carbonyl (C=O) groups is 2. The molecule has 0 saturated heterocycles. The Labute approximate surface area is 125 Å².